The Morgan fingerprint density at radius 3 is 1.66 bits per heavy atom. The first-order valence-electron chi connectivity index (χ1n) is 14.4. The molecule has 0 bridgehead atoms. The van der Waals surface area contributed by atoms with Crippen LogP contribution in [0.25, 0.3) is 61.2 Å². The van der Waals surface area contributed by atoms with Gasteiger partial charge in [0.1, 0.15) is 33.1 Å². The number of nitrogens with zero attached hydrogens (tertiary/aromatic N) is 6. The molecule has 0 radical (unpaired) electrons. The van der Waals surface area contributed by atoms with Crippen molar-refractivity contribution in [2.45, 2.75) is 47.5 Å². The SMILES string of the molecule is CC.CC.CC(=O)c1ccc2nc3c(nc2c1)c1nc2c(nc1c1nc4cc(C(=O)Cl)ccc4nc13)C=CC(C(=O)Cl)CC2. The molecule has 0 N–H and O–H groups in total. The number of hydrogen-bond donors (Lipinski definition) is 0. The zero-order valence-corrected chi connectivity index (χ0v) is 26.3. The van der Waals surface area contributed by atoms with Crippen molar-refractivity contribution in [3.63, 3.8) is 0 Å². The molecular weight excluding hydrogens is 599 g/mol. The van der Waals surface area contributed by atoms with E-state index in [9.17, 15) is 14.4 Å². The molecule has 1 aliphatic rings. The van der Waals surface area contributed by atoms with Crippen LogP contribution in [0.1, 0.15) is 73.1 Å². The summed E-state index contributed by atoms with van der Waals surface area (Å²) in [7, 11) is 0. The number of allylic oxidation sites excluding steroid dienone is 1. The van der Waals surface area contributed by atoms with Crippen molar-refractivity contribution in [1.82, 2.24) is 29.9 Å². The van der Waals surface area contributed by atoms with E-state index >= 15 is 0 Å². The number of rotatable bonds is 3. The highest BCUT2D eigenvalue weighted by Crippen LogP contribution is 2.34. The Labute approximate surface area is 262 Å². The second-order valence-electron chi connectivity index (χ2n) is 9.64. The van der Waals surface area contributed by atoms with Crippen LogP contribution in [0.4, 0.5) is 0 Å². The van der Waals surface area contributed by atoms with Crippen LogP contribution in [0.5, 0.6) is 0 Å². The van der Waals surface area contributed by atoms with Gasteiger partial charge in [-0.3, -0.25) is 14.4 Å². The molecule has 1 unspecified atom stereocenters. The molecule has 0 saturated carbocycles. The first-order valence-corrected chi connectivity index (χ1v) is 15.2. The molecule has 11 heteroatoms. The first kappa shape index (κ1) is 31.0. The molecule has 0 spiro atoms. The molecule has 0 amide bonds. The Morgan fingerprint density at radius 2 is 1.14 bits per heavy atom. The molecule has 0 fully saturated rings. The van der Waals surface area contributed by atoms with E-state index in [4.69, 9.17) is 53.1 Å². The second-order valence-corrected chi connectivity index (χ2v) is 10.4. The van der Waals surface area contributed by atoms with Gasteiger partial charge in [-0.05, 0) is 85.4 Å². The third-order valence-corrected chi connectivity index (χ3v) is 7.60. The zero-order chi connectivity index (χ0) is 31.7. The minimum Gasteiger partial charge on any atom is -0.295 e. The standard InChI is InChI=1S/C29H16Cl2N6O3.2C2H6/c1-12(38)14-4-8-18-20(10-14)36-26-22-23(33-17-7-3-13(28(30)39)2-6-16(17)32-22)27-25(24(26)34-18)35-19-9-5-15(29(31)40)11-21(19)37-27;2*1-2/h3-5,7-11,13H,2,6H2,1H3;2*1-2H3. The van der Waals surface area contributed by atoms with Gasteiger partial charge in [0, 0.05) is 11.1 Å². The molecule has 7 rings (SSSR count). The Hall–Kier alpha value is -4.47. The van der Waals surface area contributed by atoms with Crippen LogP contribution in [-0.2, 0) is 11.2 Å². The van der Waals surface area contributed by atoms with Gasteiger partial charge >= 0.3 is 0 Å². The lowest BCUT2D eigenvalue weighted by molar-refractivity contribution is -0.114. The molecule has 3 aromatic carbocycles. The molecule has 1 aliphatic carbocycles. The summed E-state index contributed by atoms with van der Waals surface area (Å²) in [6.07, 6.45) is 4.46. The summed E-state index contributed by atoms with van der Waals surface area (Å²) in [4.78, 5) is 65.1. The predicted molar refractivity (Wildman–Crippen MR) is 175 cm³/mol. The number of carbonyl (C=O) groups is 3. The summed E-state index contributed by atoms with van der Waals surface area (Å²) in [5.74, 6) is -0.530. The van der Waals surface area contributed by atoms with Crippen molar-refractivity contribution in [1.29, 1.82) is 0 Å². The van der Waals surface area contributed by atoms with Crippen molar-refractivity contribution in [2.75, 3.05) is 0 Å². The number of ketones is 1. The monoisotopic (exact) mass is 626 g/mol. The van der Waals surface area contributed by atoms with E-state index in [0.717, 1.165) is 0 Å². The van der Waals surface area contributed by atoms with Gasteiger partial charge in [-0.15, -0.1) is 0 Å². The normalized spacial score (nSPS) is 14.0. The Kier molecular flexibility index (Phi) is 8.90. The summed E-state index contributed by atoms with van der Waals surface area (Å²) >= 11 is 11.5. The van der Waals surface area contributed by atoms with Crippen LogP contribution in [0.15, 0.2) is 42.5 Å². The van der Waals surface area contributed by atoms with Crippen LogP contribution in [0, 0.1) is 5.92 Å². The summed E-state index contributed by atoms with van der Waals surface area (Å²) < 4.78 is 0. The second kappa shape index (κ2) is 12.6. The summed E-state index contributed by atoms with van der Waals surface area (Å²) in [5, 5.41) is -1.04. The average Bonchev–Trinajstić information content (AvgIpc) is 3.26. The van der Waals surface area contributed by atoms with Gasteiger partial charge in [-0.25, -0.2) is 29.9 Å². The molecular formula is C33H28Cl2N6O3. The minimum absolute atomic E-state index is 0.0837. The molecule has 9 nitrogen and oxygen atoms in total. The van der Waals surface area contributed by atoms with Crippen molar-refractivity contribution in [3.8, 4) is 0 Å². The van der Waals surface area contributed by atoms with Crippen LogP contribution in [0.3, 0.4) is 0 Å². The fourth-order valence-electron chi connectivity index (χ4n) is 5.03. The molecule has 44 heavy (non-hydrogen) atoms. The zero-order valence-electron chi connectivity index (χ0n) is 24.8. The summed E-state index contributed by atoms with van der Waals surface area (Å²) in [6, 6.07) is 10.0. The number of hydrogen-bond acceptors (Lipinski definition) is 9. The predicted octanol–water partition coefficient (Wildman–Crippen LogP) is 7.80. The smallest absolute Gasteiger partial charge is 0.252 e. The number of halogens is 2. The first-order chi connectivity index (χ1) is 21.3. The Balaban J connectivity index is 0.000000924. The van der Waals surface area contributed by atoms with Gasteiger partial charge in [-0.1, -0.05) is 33.8 Å². The van der Waals surface area contributed by atoms with Crippen molar-refractivity contribution in [3.05, 3.63) is 65.0 Å². The van der Waals surface area contributed by atoms with Crippen LogP contribution < -0.4 is 0 Å². The molecule has 3 aromatic heterocycles. The number of Topliss-reactive ketones (excluding diaryl/α,β-unsaturated/α-hetero) is 1. The summed E-state index contributed by atoms with van der Waals surface area (Å²) in [5.41, 5.74) is 6.93. The maximum atomic E-state index is 12.0. The van der Waals surface area contributed by atoms with Gasteiger partial charge in [0.15, 0.2) is 5.78 Å². The van der Waals surface area contributed by atoms with E-state index in [0.29, 0.717) is 90.5 Å². The van der Waals surface area contributed by atoms with Crippen molar-refractivity contribution < 1.29 is 14.4 Å². The lowest BCUT2D eigenvalue weighted by Crippen LogP contribution is -2.06. The van der Waals surface area contributed by atoms with Gasteiger partial charge in [-0.2, -0.15) is 0 Å². The quantitative estimate of drug-likeness (QED) is 0.0835. The third kappa shape index (κ3) is 5.49. The third-order valence-electron chi connectivity index (χ3n) is 7.10. The van der Waals surface area contributed by atoms with Gasteiger partial charge in [0.2, 0.25) is 5.24 Å². The number of aromatic nitrogens is 6. The Morgan fingerprint density at radius 1 is 0.659 bits per heavy atom. The Bertz CT molecular complexity index is 2180. The fourth-order valence-corrected chi connectivity index (χ4v) is 5.33. The van der Waals surface area contributed by atoms with Gasteiger partial charge in [0.05, 0.1) is 39.4 Å². The maximum Gasteiger partial charge on any atom is 0.252 e. The molecule has 222 valence electrons. The van der Waals surface area contributed by atoms with E-state index in [-0.39, 0.29) is 5.78 Å². The number of aryl methyl sites for hydroxylation is 1. The van der Waals surface area contributed by atoms with Crippen molar-refractivity contribution in [2.24, 2.45) is 5.92 Å². The van der Waals surface area contributed by atoms with E-state index in [1.165, 1.54) is 6.92 Å². The molecule has 6 aromatic rings. The topological polar surface area (TPSA) is 129 Å². The van der Waals surface area contributed by atoms with E-state index in [1.807, 2.05) is 27.7 Å². The summed E-state index contributed by atoms with van der Waals surface area (Å²) in [6.45, 7) is 9.50. The molecule has 3 heterocycles. The fraction of sp³-hybridized carbons (Fsp3) is 0.242. The molecule has 0 aliphatic heterocycles. The number of carbonyl (C=O) groups excluding carboxylic acids is 3. The molecule has 1 atom stereocenters. The minimum atomic E-state index is -0.604. The largest absolute Gasteiger partial charge is 0.295 e. The van der Waals surface area contributed by atoms with Crippen LogP contribution in [0.2, 0.25) is 0 Å². The van der Waals surface area contributed by atoms with E-state index in [1.54, 1.807) is 48.6 Å². The number of fused-ring (bicyclic) bond motifs is 9. The van der Waals surface area contributed by atoms with Crippen molar-refractivity contribution >= 4 is 101 Å². The average molecular weight is 628 g/mol. The van der Waals surface area contributed by atoms with Crippen LogP contribution >= 0.6 is 23.2 Å². The van der Waals surface area contributed by atoms with E-state index in [2.05, 4.69) is 0 Å². The lowest BCUT2D eigenvalue weighted by atomic mass is 10.1. The highest BCUT2D eigenvalue weighted by molar-refractivity contribution is 6.67. The lowest BCUT2D eigenvalue weighted by Gasteiger charge is -2.12. The highest BCUT2D eigenvalue weighted by Gasteiger charge is 2.23. The van der Waals surface area contributed by atoms with Gasteiger partial charge in [0.25, 0.3) is 5.24 Å². The maximum absolute atomic E-state index is 12.0. The van der Waals surface area contributed by atoms with Crippen LogP contribution in [-0.4, -0.2) is 46.2 Å². The van der Waals surface area contributed by atoms with E-state index < -0.39 is 16.4 Å². The highest BCUT2D eigenvalue weighted by atomic mass is 35.5. The molecule has 0 saturated heterocycles. The van der Waals surface area contributed by atoms with Gasteiger partial charge < -0.3 is 0 Å². The number of benzene rings is 3.